The molecule has 0 bridgehead atoms. The number of rotatable bonds is 3. The summed E-state index contributed by atoms with van der Waals surface area (Å²) in [6.07, 6.45) is 1.11. The predicted octanol–water partition coefficient (Wildman–Crippen LogP) is 0.498. The summed E-state index contributed by atoms with van der Waals surface area (Å²) in [5.74, 6) is -0.0805. The normalized spacial score (nSPS) is 11.3. The fraction of sp³-hybridized carbons (Fsp3) is 0. The molecule has 0 aliphatic rings. The number of nitrogen functional groups attached to an aromatic ring is 1. The summed E-state index contributed by atoms with van der Waals surface area (Å²) < 4.78 is 26.0. The Morgan fingerprint density at radius 3 is 2.76 bits per heavy atom. The van der Waals surface area contributed by atoms with Crippen LogP contribution in [0.2, 0.25) is 0 Å². The SMILES string of the molecule is Nc1[nH]ncc1S(=O)(=O)Nc1cccc(O)c1. The van der Waals surface area contributed by atoms with Crippen LogP contribution in [-0.2, 0) is 10.0 Å². The molecule has 0 spiro atoms. The smallest absolute Gasteiger partial charge is 0.267 e. The monoisotopic (exact) mass is 254 g/mol. The standard InChI is InChI=1S/C9H10N4O3S/c10-9-8(5-11-12-9)17(15,16)13-6-2-1-3-7(14)4-6/h1-5,13-14H,(H3,10,11,12). The van der Waals surface area contributed by atoms with Crippen LogP contribution in [0.25, 0.3) is 0 Å². The Morgan fingerprint density at radius 2 is 2.18 bits per heavy atom. The number of hydrogen-bond acceptors (Lipinski definition) is 5. The third-order valence-corrected chi connectivity index (χ3v) is 3.43. The van der Waals surface area contributed by atoms with Crippen LogP contribution in [0.3, 0.4) is 0 Å². The molecule has 2 rings (SSSR count). The molecule has 0 aliphatic carbocycles. The van der Waals surface area contributed by atoms with E-state index in [1.807, 2.05) is 0 Å². The minimum Gasteiger partial charge on any atom is -0.508 e. The third kappa shape index (κ3) is 2.31. The number of H-pyrrole nitrogens is 1. The van der Waals surface area contributed by atoms with Gasteiger partial charge in [0.2, 0.25) is 0 Å². The molecule has 17 heavy (non-hydrogen) atoms. The van der Waals surface area contributed by atoms with Crippen LogP contribution in [0, 0.1) is 0 Å². The number of sulfonamides is 1. The van der Waals surface area contributed by atoms with Crippen LogP contribution < -0.4 is 10.5 Å². The van der Waals surface area contributed by atoms with E-state index in [9.17, 15) is 13.5 Å². The zero-order valence-electron chi connectivity index (χ0n) is 8.58. The van der Waals surface area contributed by atoms with Gasteiger partial charge in [0.15, 0.2) is 0 Å². The number of aromatic nitrogens is 2. The molecule has 5 N–H and O–H groups in total. The van der Waals surface area contributed by atoms with Gasteiger partial charge in [-0.15, -0.1) is 0 Å². The third-order valence-electron chi connectivity index (χ3n) is 2.02. The number of aromatic hydroxyl groups is 1. The number of nitrogens with zero attached hydrogens (tertiary/aromatic N) is 1. The Hall–Kier alpha value is -2.22. The van der Waals surface area contributed by atoms with Crippen molar-refractivity contribution in [2.24, 2.45) is 0 Å². The van der Waals surface area contributed by atoms with Crippen LogP contribution in [-0.4, -0.2) is 23.7 Å². The number of aromatic amines is 1. The van der Waals surface area contributed by atoms with Crippen molar-refractivity contribution in [3.05, 3.63) is 30.5 Å². The van der Waals surface area contributed by atoms with Gasteiger partial charge >= 0.3 is 0 Å². The number of phenolic OH excluding ortho intramolecular Hbond substituents is 1. The lowest BCUT2D eigenvalue weighted by Crippen LogP contribution is -2.13. The molecule has 0 aliphatic heterocycles. The molecule has 0 unspecified atom stereocenters. The van der Waals surface area contributed by atoms with Crippen LogP contribution >= 0.6 is 0 Å². The summed E-state index contributed by atoms with van der Waals surface area (Å²) in [5.41, 5.74) is 5.66. The first-order chi connectivity index (χ1) is 7.99. The molecule has 8 heteroatoms. The second-order valence-corrected chi connectivity index (χ2v) is 4.95. The molecule has 0 amide bonds. The van der Waals surface area contributed by atoms with Gasteiger partial charge in [0.1, 0.15) is 16.5 Å². The number of nitrogens with two attached hydrogens (primary N) is 1. The highest BCUT2D eigenvalue weighted by molar-refractivity contribution is 7.92. The van der Waals surface area contributed by atoms with Crippen molar-refractivity contribution in [3.8, 4) is 5.75 Å². The van der Waals surface area contributed by atoms with Crippen molar-refractivity contribution in [2.75, 3.05) is 10.5 Å². The molecule has 7 nitrogen and oxygen atoms in total. The second-order valence-electron chi connectivity index (χ2n) is 3.30. The Balaban J connectivity index is 2.33. The first-order valence-corrected chi connectivity index (χ1v) is 6.08. The summed E-state index contributed by atoms with van der Waals surface area (Å²) >= 11 is 0. The van der Waals surface area contributed by atoms with Crippen molar-refractivity contribution >= 4 is 21.5 Å². The first kappa shape index (κ1) is 11.3. The quantitative estimate of drug-likeness (QED) is 0.635. The molecule has 2 aromatic rings. The van der Waals surface area contributed by atoms with E-state index in [4.69, 9.17) is 5.73 Å². The van der Waals surface area contributed by atoms with E-state index in [1.54, 1.807) is 0 Å². The molecule has 90 valence electrons. The number of phenols is 1. The average Bonchev–Trinajstić information content (AvgIpc) is 2.64. The maximum atomic E-state index is 11.9. The molecule has 0 saturated heterocycles. The molecule has 1 aromatic heterocycles. The maximum Gasteiger partial charge on any atom is 0.267 e. The summed E-state index contributed by atoms with van der Waals surface area (Å²) in [7, 11) is -3.80. The van der Waals surface area contributed by atoms with E-state index in [0.717, 1.165) is 6.20 Å². The topological polar surface area (TPSA) is 121 Å². The number of hydrogen-bond donors (Lipinski definition) is 4. The average molecular weight is 254 g/mol. The molecule has 0 fully saturated rings. The van der Waals surface area contributed by atoms with Crippen molar-refractivity contribution < 1.29 is 13.5 Å². The lowest BCUT2D eigenvalue weighted by Gasteiger charge is -2.06. The Labute approximate surface area is 97.3 Å². The van der Waals surface area contributed by atoms with E-state index in [1.165, 1.54) is 24.3 Å². The van der Waals surface area contributed by atoms with Gasteiger partial charge in [0.05, 0.1) is 11.9 Å². The first-order valence-electron chi connectivity index (χ1n) is 4.60. The van der Waals surface area contributed by atoms with Gasteiger partial charge in [-0.25, -0.2) is 8.42 Å². The zero-order valence-corrected chi connectivity index (χ0v) is 9.40. The Bertz CT molecular complexity index is 635. The van der Waals surface area contributed by atoms with Gasteiger partial charge < -0.3 is 10.8 Å². The Morgan fingerprint density at radius 1 is 1.41 bits per heavy atom. The fourth-order valence-electron chi connectivity index (χ4n) is 1.28. The molecular weight excluding hydrogens is 244 g/mol. The van der Waals surface area contributed by atoms with Crippen LogP contribution in [0.15, 0.2) is 35.4 Å². The van der Waals surface area contributed by atoms with Crippen molar-refractivity contribution in [1.29, 1.82) is 0 Å². The lowest BCUT2D eigenvalue weighted by atomic mass is 10.3. The van der Waals surface area contributed by atoms with Crippen molar-refractivity contribution in [2.45, 2.75) is 4.90 Å². The summed E-state index contributed by atoms with van der Waals surface area (Å²) in [5, 5.41) is 15.1. The van der Waals surface area contributed by atoms with Crippen LogP contribution in [0.4, 0.5) is 11.5 Å². The molecule has 0 saturated carbocycles. The maximum absolute atomic E-state index is 11.9. The summed E-state index contributed by atoms with van der Waals surface area (Å²) in [6, 6.07) is 5.75. The predicted molar refractivity (Wildman–Crippen MR) is 61.9 cm³/mol. The van der Waals surface area contributed by atoms with E-state index < -0.39 is 10.0 Å². The fourth-order valence-corrected chi connectivity index (χ4v) is 2.35. The molecular formula is C9H10N4O3S. The van der Waals surface area contributed by atoms with E-state index in [0.29, 0.717) is 0 Å². The number of benzene rings is 1. The van der Waals surface area contributed by atoms with Gasteiger partial charge in [-0.05, 0) is 12.1 Å². The highest BCUT2D eigenvalue weighted by Crippen LogP contribution is 2.21. The molecule has 0 atom stereocenters. The lowest BCUT2D eigenvalue weighted by molar-refractivity contribution is 0.475. The molecule has 1 heterocycles. The van der Waals surface area contributed by atoms with Gasteiger partial charge in [-0.2, -0.15) is 5.10 Å². The minimum atomic E-state index is -3.80. The molecule has 1 aromatic carbocycles. The van der Waals surface area contributed by atoms with Crippen molar-refractivity contribution in [3.63, 3.8) is 0 Å². The largest absolute Gasteiger partial charge is 0.508 e. The Kier molecular flexibility index (Phi) is 2.64. The van der Waals surface area contributed by atoms with Crippen LogP contribution in [0.5, 0.6) is 5.75 Å². The van der Waals surface area contributed by atoms with Gasteiger partial charge in [-0.1, -0.05) is 6.07 Å². The highest BCUT2D eigenvalue weighted by Gasteiger charge is 2.19. The van der Waals surface area contributed by atoms with Gasteiger partial charge in [0, 0.05) is 6.07 Å². The zero-order chi connectivity index (χ0) is 12.5. The van der Waals surface area contributed by atoms with E-state index >= 15 is 0 Å². The number of anilines is 2. The van der Waals surface area contributed by atoms with E-state index in [-0.39, 0.29) is 22.2 Å². The summed E-state index contributed by atoms with van der Waals surface area (Å²) in [4.78, 5) is -0.138. The van der Waals surface area contributed by atoms with E-state index in [2.05, 4.69) is 14.9 Å². The van der Waals surface area contributed by atoms with Gasteiger partial charge in [-0.3, -0.25) is 9.82 Å². The molecule has 0 radical (unpaired) electrons. The second kappa shape index (κ2) is 3.98. The minimum absolute atomic E-state index is 0.0367. The number of nitrogens with one attached hydrogen (secondary N) is 2. The van der Waals surface area contributed by atoms with Crippen LogP contribution in [0.1, 0.15) is 0 Å². The van der Waals surface area contributed by atoms with Gasteiger partial charge in [0.25, 0.3) is 10.0 Å². The summed E-state index contributed by atoms with van der Waals surface area (Å²) in [6.45, 7) is 0. The highest BCUT2D eigenvalue weighted by atomic mass is 32.2. The van der Waals surface area contributed by atoms with Crippen molar-refractivity contribution in [1.82, 2.24) is 10.2 Å².